The molecule has 0 saturated heterocycles. The van der Waals surface area contributed by atoms with E-state index in [0.29, 0.717) is 0 Å². The number of thiophene rings is 1. The number of carbonyl (C=O) groups is 2. The maximum Gasteiger partial charge on any atom is 0.321 e. The number of hydrogen-bond donors (Lipinski definition) is 2. The predicted octanol–water partition coefficient (Wildman–Crippen LogP) is 2.63. The van der Waals surface area contributed by atoms with Crippen LogP contribution in [0.2, 0.25) is 0 Å². The zero-order chi connectivity index (χ0) is 16.3. The van der Waals surface area contributed by atoms with Gasteiger partial charge in [0.15, 0.2) is 0 Å². The molecule has 22 heavy (non-hydrogen) atoms. The van der Waals surface area contributed by atoms with E-state index < -0.39 is 6.03 Å². The second-order valence-corrected chi connectivity index (χ2v) is 7.27. The van der Waals surface area contributed by atoms with E-state index in [1.165, 1.54) is 23.0 Å². The molecule has 2 rings (SSSR count). The Labute approximate surface area is 137 Å². The Kier molecular flexibility index (Phi) is 5.36. The van der Waals surface area contributed by atoms with Crippen LogP contribution in [0.3, 0.4) is 0 Å². The summed E-state index contributed by atoms with van der Waals surface area (Å²) >= 11 is 2.93. The third-order valence-electron chi connectivity index (χ3n) is 2.94. The number of nitrogens with zero attached hydrogens (tertiary/aromatic N) is 2. The summed E-state index contributed by atoms with van der Waals surface area (Å²) in [4.78, 5) is 33.9. The molecule has 3 amide bonds. The van der Waals surface area contributed by atoms with Crippen molar-refractivity contribution in [2.24, 2.45) is 0 Å². The molecule has 6 nitrogen and oxygen atoms in total. The minimum Gasteiger partial charge on any atom is -0.336 e. The number of aryl methyl sites for hydroxylation is 2. The Morgan fingerprint density at radius 1 is 1.32 bits per heavy atom. The minimum absolute atomic E-state index is 0.0154. The Morgan fingerprint density at radius 3 is 2.73 bits per heavy atom. The quantitative estimate of drug-likeness (QED) is 0.661. The third-order valence-corrected chi connectivity index (χ3v) is 5.05. The highest BCUT2D eigenvalue weighted by Gasteiger charge is 2.14. The lowest BCUT2D eigenvalue weighted by atomic mass is 10.2. The predicted molar refractivity (Wildman–Crippen MR) is 89.4 cm³/mol. The molecule has 0 atom stereocenters. The number of urea groups is 1. The van der Waals surface area contributed by atoms with Crippen molar-refractivity contribution in [1.29, 1.82) is 0 Å². The summed E-state index contributed by atoms with van der Waals surface area (Å²) < 4.78 is 0. The Morgan fingerprint density at radius 2 is 2.05 bits per heavy atom. The molecule has 0 bridgehead atoms. The zero-order valence-electron chi connectivity index (χ0n) is 12.9. The molecule has 2 aromatic heterocycles. The standard InChI is InChI=1S/C14H18N4O2S2/c1-7(2)17-14(20)18-10(19)5-21-12-11-8(3)9(4)22-13(11)16-6-15-12/h6-7H,5H2,1-4H3,(H2,17,18,19,20). The number of nitrogens with one attached hydrogen (secondary N) is 2. The van der Waals surface area contributed by atoms with Gasteiger partial charge in [-0.3, -0.25) is 10.1 Å². The molecule has 0 aromatic carbocycles. The van der Waals surface area contributed by atoms with Gasteiger partial charge >= 0.3 is 6.03 Å². The lowest BCUT2D eigenvalue weighted by Crippen LogP contribution is -2.43. The molecule has 8 heteroatoms. The highest BCUT2D eigenvalue weighted by Crippen LogP contribution is 2.34. The summed E-state index contributed by atoms with van der Waals surface area (Å²) in [6.07, 6.45) is 1.50. The number of rotatable bonds is 4. The molecule has 0 fully saturated rings. The average Bonchev–Trinajstić information content (AvgIpc) is 2.71. The van der Waals surface area contributed by atoms with Gasteiger partial charge in [-0.2, -0.15) is 0 Å². The van der Waals surface area contributed by atoms with Crippen molar-refractivity contribution in [3.8, 4) is 0 Å². The van der Waals surface area contributed by atoms with Crippen LogP contribution in [0, 0.1) is 13.8 Å². The van der Waals surface area contributed by atoms with Crippen molar-refractivity contribution in [1.82, 2.24) is 20.6 Å². The summed E-state index contributed by atoms with van der Waals surface area (Å²) in [6, 6.07) is -0.491. The van der Waals surface area contributed by atoms with Crippen LogP contribution in [0.15, 0.2) is 11.4 Å². The van der Waals surface area contributed by atoms with E-state index in [9.17, 15) is 9.59 Å². The fraction of sp³-hybridized carbons (Fsp3) is 0.429. The minimum atomic E-state index is -0.476. The first kappa shape index (κ1) is 16.7. The molecule has 0 spiro atoms. The highest BCUT2D eigenvalue weighted by atomic mass is 32.2. The number of imide groups is 1. The van der Waals surface area contributed by atoms with E-state index in [1.54, 1.807) is 11.3 Å². The number of hydrogen-bond acceptors (Lipinski definition) is 6. The maximum absolute atomic E-state index is 11.8. The van der Waals surface area contributed by atoms with Crippen LogP contribution in [0.4, 0.5) is 4.79 Å². The number of thioether (sulfide) groups is 1. The van der Waals surface area contributed by atoms with Crippen molar-refractivity contribution >= 4 is 45.3 Å². The molecule has 0 aliphatic heterocycles. The van der Waals surface area contributed by atoms with Crippen LogP contribution < -0.4 is 10.6 Å². The number of aromatic nitrogens is 2. The van der Waals surface area contributed by atoms with Gasteiger partial charge in [-0.15, -0.1) is 11.3 Å². The summed E-state index contributed by atoms with van der Waals surface area (Å²) in [5.74, 6) is -0.217. The Hall–Kier alpha value is -1.67. The summed E-state index contributed by atoms with van der Waals surface area (Å²) in [5.41, 5.74) is 1.14. The van der Waals surface area contributed by atoms with E-state index >= 15 is 0 Å². The first-order valence-corrected chi connectivity index (χ1v) is 8.62. The van der Waals surface area contributed by atoms with Crippen molar-refractivity contribution in [2.75, 3.05) is 5.75 Å². The molecule has 0 aliphatic carbocycles. The van der Waals surface area contributed by atoms with Gasteiger partial charge in [-0.25, -0.2) is 14.8 Å². The van der Waals surface area contributed by atoms with Gasteiger partial charge in [0.2, 0.25) is 5.91 Å². The monoisotopic (exact) mass is 338 g/mol. The van der Waals surface area contributed by atoms with Crippen LogP contribution >= 0.6 is 23.1 Å². The van der Waals surface area contributed by atoms with Crippen LogP contribution in [0.1, 0.15) is 24.3 Å². The van der Waals surface area contributed by atoms with Crippen molar-refractivity contribution in [3.05, 3.63) is 16.8 Å². The lowest BCUT2D eigenvalue weighted by Gasteiger charge is -2.09. The largest absolute Gasteiger partial charge is 0.336 e. The number of amides is 3. The van der Waals surface area contributed by atoms with Crippen molar-refractivity contribution < 1.29 is 9.59 Å². The van der Waals surface area contributed by atoms with Crippen LogP contribution in [0.25, 0.3) is 10.2 Å². The first-order valence-electron chi connectivity index (χ1n) is 6.82. The molecule has 2 heterocycles. The topological polar surface area (TPSA) is 84.0 Å². The molecular formula is C14H18N4O2S2. The summed E-state index contributed by atoms with van der Waals surface area (Å²) in [5, 5.41) is 6.67. The second-order valence-electron chi connectivity index (χ2n) is 5.11. The fourth-order valence-corrected chi connectivity index (χ4v) is 3.77. The van der Waals surface area contributed by atoms with E-state index in [1.807, 2.05) is 27.7 Å². The molecule has 0 radical (unpaired) electrons. The normalized spacial score (nSPS) is 11.0. The second kappa shape index (κ2) is 7.06. The molecule has 0 unspecified atom stereocenters. The van der Waals surface area contributed by atoms with E-state index in [-0.39, 0.29) is 17.7 Å². The average molecular weight is 338 g/mol. The van der Waals surface area contributed by atoms with Crippen LogP contribution in [-0.2, 0) is 4.79 Å². The third kappa shape index (κ3) is 3.95. The maximum atomic E-state index is 11.8. The fourth-order valence-electron chi connectivity index (χ4n) is 1.85. The van der Waals surface area contributed by atoms with E-state index in [4.69, 9.17) is 0 Å². The zero-order valence-corrected chi connectivity index (χ0v) is 14.5. The Balaban J connectivity index is 2.03. The van der Waals surface area contributed by atoms with Gasteiger partial charge < -0.3 is 5.32 Å². The molecule has 0 saturated carbocycles. The van der Waals surface area contributed by atoms with Crippen LogP contribution in [-0.4, -0.2) is 33.7 Å². The van der Waals surface area contributed by atoms with Gasteiger partial charge in [0.05, 0.1) is 5.75 Å². The smallest absolute Gasteiger partial charge is 0.321 e. The van der Waals surface area contributed by atoms with Crippen molar-refractivity contribution in [3.63, 3.8) is 0 Å². The lowest BCUT2D eigenvalue weighted by molar-refractivity contribution is -0.117. The molecule has 2 N–H and O–H groups in total. The van der Waals surface area contributed by atoms with E-state index in [2.05, 4.69) is 20.6 Å². The molecule has 0 aliphatic rings. The number of carbonyl (C=O) groups excluding carboxylic acids is 2. The van der Waals surface area contributed by atoms with Gasteiger partial charge in [0.1, 0.15) is 16.2 Å². The van der Waals surface area contributed by atoms with Gasteiger partial charge in [-0.1, -0.05) is 11.8 Å². The van der Waals surface area contributed by atoms with E-state index in [0.717, 1.165) is 20.8 Å². The first-order chi connectivity index (χ1) is 10.4. The molecular weight excluding hydrogens is 320 g/mol. The molecule has 118 valence electrons. The van der Waals surface area contributed by atoms with Gasteiger partial charge in [0, 0.05) is 16.3 Å². The van der Waals surface area contributed by atoms with Gasteiger partial charge in [0.25, 0.3) is 0 Å². The van der Waals surface area contributed by atoms with Crippen molar-refractivity contribution in [2.45, 2.75) is 38.8 Å². The summed E-state index contributed by atoms with van der Waals surface area (Å²) in [6.45, 7) is 7.73. The molecule has 2 aromatic rings. The van der Waals surface area contributed by atoms with Crippen LogP contribution in [0.5, 0.6) is 0 Å². The SMILES string of the molecule is Cc1sc2ncnc(SCC(=O)NC(=O)NC(C)C)c2c1C. The Bertz CT molecular complexity index is 712. The van der Waals surface area contributed by atoms with Gasteiger partial charge in [-0.05, 0) is 33.3 Å². The summed E-state index contributed by atoms with van der Waals surface area (Å²) in [7, 11) is 0. The highest BCUT2D eigenvalue weighted by molar-refractivity contribution is 8.00. The number of fused-ring (bicyclic) bond motifs is 1.